The summed E-state index contributed by atoms with van der Waals surface area (Å²) in [7, 11) is 0. The van der Waals surface area contributed by atoms with Crippen LogP contribution in [0.15, 0.2) is 36.4 Å². The number of carbonyl (C=O) groups is 2. The van der Waals surface area contributed by atoms with E-state index in [1.165, 1.54) is 63.5 Å². The van der Waals surface area contributed by atoms with E-state index < -0.39 is 36.0 Å². The highest BCUT2D eigenvalue weighted by Crippen LogP contribution is 2.18. The maximum atomic E-state index is 13.8. The Morgan fingerprint density at radius 2 is 1.14 bits per heavy atom. The Hall–Kier alpha value is -2.83. The van der Waals surface area contributed by atoms with Gasteiger partial charge in [0.2, 0.25) is 0 Å². The molecule has 0 spiro atoms. The van der Waals surface area contributed by atoms with Crippen LogP contribution >= 0.6 is 0 Å². The molecule has 0 aliphatic rings. The molecule has 0 N–H and O–H groups in total. The number of ether oxygens (including phenoxy) is 2. The molecule has 2 aromatic rings. The quantitative estimate of drug-likeness (QED) is 0.136. The third-order valence-electron chi connectivity index (χ3n) is 5.80. The monoisotopic (exact) mass is 492 g/mol. The van der Waals surface area contributed by atoms with Gasteiger partial charge in [-0.1, -0.05) is 83.3 Å². The van der Waals surface area contributed by atoms with E-state index in [9.17, 15) is 22.8 Å². The molecular formula is C28H35F3O4. The van der Waals surface area contributed by atoms with E-state index >= 15 is 0 Å². The molecule has 0 aliphatic heterocycles. The molecule has 0 amide bonds. The summed E-state index contributed by atoms with van der Waals surface area (Å²) in [6.07, 6.45) is 13.0. The largest absolute Gasteiger partial charge is 0.462 e. The van der Waals surface area contributed by atoms with Gasteiger partial charge >= 0.3 is 11.9 Å². The van der Waals surface area contributed by atoms with Crippen molar-refractivity contribution in [3.63, 3.8) is 0 Å². The van der Waals surface area contributed by atoms with Gasteiger partial charge in [0.05, 0.1) is 17.7 Å². The van der Waals surface area contributed by atoms with Crippen molar-refractivity contribution in [2.75, 3.05) is 6.61 Å². The van der Waals surface area contributed by atoms with Crippen LogP contribution in [0.25, 0.3) is 0 Å². The van der Waals surface area contributed by atoms with E-state index in [0.29, 0.717) is 12.1 Å². The summed E-state index contributed by atoms with van der Waals surface area (Å²) < 4.78 is 50.5. The van der Waals surface area contributed by atoms with Crippen LogP contribution in [0, 0.1) is 17.5 Å². The van der Waals surface area contributed by atoms with Gasteiger partial charge in [-0.3, -0.25) is 0 Å². The van der Waals surface area contributed by atoms with Crippen LogP contribution in [-0.2, 0) is 16.1 Å². The van der Waals surface area contributed by atoms with Gasteiger partial charge in [0.25, 0.3) is 0 Å². The van der Waals surface area contributed by atoms with E-state index in [2.05, 4.69) is 6.92 Å². The highest BCUT2D eigenvalue weighted by atomic mass is 19.2. The van der Waals surface area contributed by atoms with Crippen LogP contribution in [-0.4, -0.2) is 18.5 Å². The summed E-state index contributed by atoms with van der Waals surface area (Å²) in [4.78, 5) is 24.9. The average molecular weight is 493 g/mol. The lowest BCUT2D eigenvalue weighted by molar-refractivity contribution is 0.0433. The van der Waals surface area contributed by atoms with Gasteiger partial charge in [-0.25, -0.2) is 22.8 Å². The maximum Gasteiger partial charge on any atom is 0.339 e. The number of rotatable bonds is 16. The fourth-order valence-electron chi connectivity index (χ4n) is 3.74. The van der Waals surface area contributed by atoms with E-state index in [1.807, 2.05) is 0 Å². The summed E-state index contributed by atoms with van der Waals surface area (Å²) in [5.41, 5.74) is -0.320. The minimum atomic E-state index is -1.33. The van der Waals surface area contributed by atoms with Crippen molar-refractivity contribution in [3.05, 3.63) is 70.5 Å². The van der Waals surface area contributed by atoms with Gasteiger partial charge in [-0.05, 0) is 24.6 Å². The number of benzene rings is 2. The van der Waals surface area contributed by atoms with Gasteiger partial charge in [0.1, 0.15) is 12.4 Å². The van der Waals surface area contributed by atoms with Crippen molar-refractivity contribution in [1.82, 2.24) is 0 Å². The van der Waals surface area contributed by atoms with Crippen LogP contribution in [0.3, 0.4) is 0 Å². The predicted molar refractivity (Wildman–Crippen MR) is 129 cm³/mol. The number of esters is 2. The summed E-state index contributed by atoms with van der Waals surface area (Å²) in [6.45, 7) is 1.86. The molecule has 0 saturated heterocycles. The molecule has 0 radical (unpaired) electrons. The lowest BCUT2D eigenvalue weighted by Gasteiger charge is -2.10. The van der Waals surface area contributed by atoms with E-state index in [1.54, 1.807) is 12.1 Å². The SMILES string of the molecule is CCCCCCCCCCCCCOC(=O)c1ccccc1C(=O)OCc1cc(F)c(F)cc1F. The fraction of sp³-hybridized carbons (Fsp3) is 0.500. The number of hydrogen-bond acceptors (Lipinski definition) is 4. The summed E-state index contributed by atoms with van der Waals surface area (Å²) >= 11 is 0. The zero-order valence-electron chi connectivity index (χ0n) is 20.4. The minimum absolute atomic E-state index is 0.0336. The van der Waals surface area contributed by atoms with Gasteiger partial charge in [-0.2, -0.15) is 0 Å². The molecule has 0 atom stereocenters. The summed E-state index contributed by atoms with van der Waals surface area (Å²) in [6, 6.07) is 6.99. The zero-order valence-corrected chi connectivity index (χ0v) is 20.4. The van der Waals surface area contributed by atoms with Crippen LogP contribution in [0.2, 0.25) is 0 Å². The molecule has 0 aromatic heterocycles. The van der Waals surface area contributed by atoms with E-state index in [-0.39, 0.29) is 23.3 Å². The fourth-order valence-corrected chi connectivity index (χ4v) is 3.74. The Balaban J connectivity index is 1.72. The Morgan fingerprint density at radius 1 is 0.657 bits per heavy atom. The normalized spacial score (nSPS) is 10.9. The van der Waals surface area contributed by atoms with Gasteiger partial charge in [0, 0.05) is 11.6 Å². The molecule has 0 saturated carbocycles. The van der Waals surface area contributed by atoms with Crippen LogP contribution in [0.1, 0.15) is 104 Å². The lowest BCUT2D eigenvalue weighted by Crippen LogP contribution is -2.15. The van der Waals surface area contributed by atoms with Crippen molar-refractivity contribution >= 4 is 11.9 Å². The Bertz CT molecular complexity index is 946. The van der Waals surface area contributed by atoms with Crippen LogP contribution in [0.4, 0.5) is 13.2 Å². The maximum absolute atomic E-state index is 13.8. The predicted octanol–water partition coefficient (Wildman–Crippen LogP) is 7.93. The van der Waals surface area contributed by atoms with Crippen molar-refractivity contribution in [1.29, 1.82) is 0 Å². The van der Waals surface area contributed by atoms with Crippen molar-refractivity contribution in [3.8, 4) is 0 Å². The number of halogens is 3. The third-order valence-corrected chi connectivity index (χ3v) is 5.80. The first-order valence-corrected chi connectivity index (χ1v) is 12.5. The van der Waals surface area contributed by atoms with Crippen molar-refractivity contribution < 1.29 is 32.2 Å². The zero-order chi connectivity index (χ0) is 25.5. The van der Waals surface area contributed by atoms with Gasteiger partial charge in [0.15, 0.2) is 11.6 Å². The molecule has 7 heteroatoms. The number of carbonyl (C=O) groups excluding carboxylic acids is 2. The minimum Gasteiger partial charge on any atom is -0.462 e. The Labute approximate surface area is 205 Å². The molecular weight excluding hydrogens is 457 g/mol. The van der Waals surface area contributed by atoms with Gasteiger partial charge < -0.3 is 9.47 Å². The first-order valence-electron chi connectivity index (χ1n) is 12.5. The summed E-state index contributed by atoms with van der Waals surface area (Å²) in [5.74, 6) is -5.15. The number of unbranched alkanes of at least 4 members (excludes halogenated alkanes) is 10. The van der Waals surface area contributed by atoms with Gasteiger partial charge in [-0.15, -0.1) is 0 Å². The molecule has 4 nitrogen and oxygen atoms in total. The molecule has 2 rings (SSSR count). The molecule has 192 valence electrons. The molecule has 0 unspecified atom stereocenters. The number of hydrogen-bond donors (Lipinski definition) is 0. The molecule has 0 aliphatic carbocycles. The van der Waals surface area contributed by atoms with Crippen LogP contribution in [0.5, 0.6) is 0 Å². The Kier molecular flexibility index (Phi) is 12.9. The first kappa shape index (κ1) is 28.4. The van der Waals surface area contributed by atoms with Crippen molar-refractivity contribution in [2.24, 2.45) is 0 Å². The van der Waals surface area contributed by atoms with E-state index in [0.717, 1.165) is 19.3 Å². The lowest BCUT2D eigenvalue weighted by atomic mass is 10.1. The summed E-state index contributed by atoms with van der Waals surface area (Å²) in [5, 5.41) is 0. The second-order valence-electron chi connectivity index (χ2n) is 8.65. The second-order valence-corrected chi connectivity index (χ2v) is 8.65. The smallest absolute Gasteiger partial charge is 0.339 e. The first-order chi connectivity index (χ1) is 16.9. The third kappa shape index (κ3) is 10.1. The van der Waals surface area contributed by atoms with Crippen molar-refractivity contribution in [2.45, 2.75) is 84.2 Å². The molecule has 0 heterocycles. The highest BCUT2D eigenvalue weighted by molar-refractivity contribution is 6.03. The molecule has 35 heavy (non-hydrogen) atoms. The second kappa shape index (κ2) is 16.0. The molecule has 0 fully saturated rings. The highest BCUT2D eigenvalue weighted by Gasteiger charge is 2.20. The standard InChI is InChI=1S/C28H35F3O4/c1-2-3-4-5-6-7-8-9-10-11-14-17-34-27(32)22-15-12-13-16-23(22)28(33)35-20-21-18-25(30)26(31)19-24(21)29/h12-13,15-16,18-19H,2-11,14,17,20H2,1H3. The topological polar surface area (TPSA) is 52.6 Å². The average Bonchev–Trinajstić information content (AvgIpc) is 2.85. The molecule has 0 bridgehead atoms. The van der Waals surface area contributed by atoms with E-state index in [4.69, 9.17) is 9.47 Å². The molecule has 2 aromatic carbocycles. The van der Waals surface area contributed by atoms with Crippen LogP contribution < -0.4 is 0 Å². The Morgan fingerprint density at radius 3 is 1.71 bits per heavy atom.